The highest BCUT2D eigenvalue weighted by molar-refractivity contribution is 9.10. The zero-order valence-corrected chi connectivity index (χ0v) is 14.1. The van der Waals surface area contributed by atoms with Gasteiger partial charge < -0.3 is 10.1 Å². The summed E-state index contributed by atoms with van der Waals surface area (Å²) in [5, 5.41) is 4.96. The van der Waals surface area contributed by atoms with Crippen molar-refractivity contribution in [2.45, 2.75) is 25.8 Å². The lowest BCUT2D eigenvalue weighted by Gasteiger charge is -2.14. The number of nitrogens with one attached hydrogen (secondary N) is 1. The Kier molecular flexibility index (Phi) is 4.31. The summed E-state index contributed by atoms with van der Waals surface area (Å²) < 4.78 is 6.46. The lowest BCUT2D eigenvalue weighted by molar-refractivity contribution is 0.0944. The Morgan fingerprint density at radius 3 is 3.10 bits per heavy atom. The molecule has 1 N–H and O–H groups in total. The van der Waals surface area contributed by atoms with Crippen molar-refractivity contribution in [3.05, 3.63) is 50.1 Å². The molecule has 5 heteroatoms. The van der Waals surface area contributed by atoms with E-state index in [4.69, 9.17) is 4.74 Å². The summed E-state index contributed by atoms with van der Waals surface area (Å²) in [7, 11) is 0. The maximum absolute atomic E-state index is 12.1. The number of carbonyl (C=O) groups is 1. The van der Waals surface area contributed by atoms with Crippen LogP contribution in [0.4, 0.5) is 0 Å². The van der Waals surface area contributed by atoms with Gasteiger partial charge >= 0.3 is 0 Å². The van der Waals surface area contributed by atoms with E-state index >= 15 is 0 Å². The second kappa shape index (κ2) is 6.20. The molecular weight excluding hydrogens is 350 g/mol. The average molecular weight is 366 g/mol. The summed E-state index contributed by atoms with van der Waals surface area (Å²) in [4.78, 5) is 12.8. The van der Waals surface area contributed by atoms with E-state index in [2.05, 4.69) is 33.4 Å². The van der Waals surface area contributed by atoms with Gasteiger partial charge in [0.15, 0.2) is 0 Å². The van der Waals surface area contributed by atoms with Crippen LogP contribution in [-0.4, -0.2) is 18.6 Å². The second-order valence-electron chi connectivity index (χ2n) is 5.25. The van der Waals surface area contributed by atoms with Crippen LogP contribution in [0.3, 0.4) is 0 Å². The number of amides is 1. The van der Waals surface area contributed by atoms with Crippen molar-refractivity contribution in [1.29, 1.82) is 0 Å². The van der Waals surface area contributed by atoms with Crippen LogP contribution in [0.5, 0.6) is 5.75 Å². The van der Waals surface area contributed by atoms with Gasteiger partial charge in [-0.3, -0.25) is 4.79 Å². The van der Waals surface area contributed by atoms with Crippen molar-refractivity contribution in [3.8, 4) is 5.75 Å². The fourth-order valence-corrected chi connectivity index (χ4v) is 3.83. The molecule has 0 unspecified atom stereocenters. The first-order chi connectivity index (χ1) is 10.1. The van der Waals surface area contributed by atoms with Crippen molar-refractivity contribution in [1.82, 2.24) is 5.32 Å². The van der Waals surface area contributed by atoms with E-state index in [1.165, 1.54) is 22.5 Å². The third kappa shape index (κ3) is 3.47. The molecule has 3 rings (SSSR count). The monoisotopic (exact) mass is 365 g/mol. The average Bonchev–Trinajstić information content (AvgIpc) is 3.06. The second-order valence-corrected chi connectivity index (χ2v) is 7.08. The minimum Gasteiger partial charge on any atom is -0.493 e. The van der Waals surface area contributed by atoms with Gasteiger partial charge in [-0.1, -0.05) is 12.1 Å². The van der Waals surface area contributed by atoms with E-state index < -0.39 is 0 Å². The third-order valence-corrected chi connectivity index (χ3v) is 5.15. The van der Waals surface area contributed by atoms with Crippen LogP contribution in [0, 0.1) is 0 Å². The number of hydrogen-bond donors (Lipinski definition) is 1. The minimum absolute atomic E-state index is 0.0114. The number of halogens is 1. The Hall–Kier alpha value is -1.33. The van der Waals surface area contributed by atoms with Crippen LogP contribution in [0.15, 0.2) is 34.1 Å². The van der Waals surface area contributed by atoms with Gasteiger partial charge in [0.25, 0.3) is 5.91 Å². The van der Waals surface area contributed by atoms with Gasteiger partial charge in [-0.25, -0.2) is 0 Å². The lowest BCUT2D eigenvalue weighted by Crippen LogP contribution is -2.33. The highest BCUT2D eigenvalue weighted by Crippen LogP contribution is 2.26. The van der Waals surface area contributed by atoms with Crippen LogP contribution in [-0.2, 0) is 12.8 Å². The number of hydrogen-bond acceptors (Lipinski definition) is 3. The predicted molar refractivity (Wildman–Crippen MR) is 88.3 cm³/mol. The molecular formula is C16H16BrNO2S. The molecule has 2 aromatic rings. The van der Waals surface area contributed by atoms with Gasteiger partial charge in [0.05, 0.1) is 11.5 Å². The number of fused-ring (bicyclic) bond motifs is 1. The molecule has 0 fully saturated rings. The van der Waals surface area contributed by atoms with Crippen LogP contribution in [0.2, 0.25) is 0 Å². The standard InChI is InChI=1S/C16H16BrNO2S/c1-10(18-16(19)15-8-13(17)9-21-15)6-11-2-3-14-12(7-11)4-5-20-14/h2-3,7-10H,4-6H2,1H3,(H,18,19)/t10-/m1/s1. The number of ether oxygens (including phenoxy) is 1. The van der Waals surface area contributed by atoms with E-state index in [9.17, 15) is 4.79 Å². The van der Waals surface area contributed by atoms with Crippen LogP contribution in [0.25, 0.3) is 0 Å². The van der Waals surface area contributed by atoms with Gasteiger partial charge in [0.1, 0.15) is 5.75 Å². The molecule has 1 atom stereocenters. The first-order valence-corrected chi connectivity index (χ1v) is 8.58. The van der Waals surface area contributed by atoms with Crippen molar-refractivity contribution < 1.29 is 9.53 Å². The van der Waals surface area contributed by atoms with Crippen LogP contribution in [0.1, 0.15) is 27.7 Å². The summed E-state index contributed by atoms with van der Waals surface area (Å²) in [6.07, 6.45) is 1.80. The molecule has 0 bridgehead atoms. The normalized spacial score (nSPS) is 14.4. The molecule has 0 aliphatic carbocycles. The molecule has 110 valence electrons. The summed E-state index contributed by atoms with van der Waals surface area (Å²) in [5.41, 5.74) is 2.51. The molecule has 0 radical (unpaired) electrons. The van der Waals surface area contributed by atoms with Gasteiger partial charge in [0, 0.05) is 22.3 Å². The Morgan fingerprint density at radius 2 is 2.33 bits per heavy atom. The van der Waals surface area contributed by atoms with Crippen LogP contribution >= 0.6 is 27.3 Å². The van der Waals surface area contributed by atoms with Gasteiger partial charge in [0.2, 0.25) is 0 Å². The fraction of sp³-hybridized carbons (Fsp3) is 0.312. The molecule has 21 heavy (non-hydrogen) atoms. The molecule has 0 saturated heterocycles. The Morgan fingerprint density at radius 1 is 1.48 bits per heavy atom. The molecule has 1 amide bonds. The molecule has 0 saturated carbocycles. The molecule has 1 aromatic carbocycles. The molecule has 2 heterocycles. The molecule has 1 aliphatic rings. The number of benzene rings is 1. The van der Waals surface area contributed by atoms with Gasteiger partial charge in [-0.2, -0.15) is 0 Å². The van der Waals surface area contributed by atoms with Crippen molar-refractivity contribution in [2.24, 2.45) is 0 Å². The van der Waals surface area contributed by atoms with E-state index in [1.807, 2.05) is 24.4 Å². The summed E-state index contributed by atoms with van der Waals surface area (Å²) >= 11 is 4.81. The molecule has 3 nitrogen and oxygen atoms in total. The minimum atomic E-state index is -0.0114. The SMILES string of the molecule is C[C@H](Cc1ccc2c(c1)CCO2)NC(=O)c1cc(Br)cs1. The third-order valence-electron chi connectivity index (χ3n) is 3.46. The van der Waals surface area contributed by atoms with Crippen molar-refractivity contribution in [2.75, 3.05) is 6.61 Å². The predicted octanol–water partition coefficient (Wildman–Crippen LogP) is 3.81. The quantitative estimate of drug-likeness (QED) is 0.894. The summed E-state index contributed by atoms with van der Waals surface area (Å²) in [6.45, 7) is 2.81. The van der Waals surface area contributed by atoms with E-state index in [0.717, 1.165) is 34.5 Å². The molecule has 1 aliphatic heterocycles. The van der Waals surface area contributed by atoms with Gasteiger partial charge in [-0.15, -0.1) is 11.3 Å². The smallest absolute Gasteiger partial charge is 0.261 e. The zero-order valence-electron chi connectivity index (χ0n) is 11.7. The maximum atomic E-state index is 12.1. The highest BCUT2D eigenvalue weighted by atomic mass is 79.9. The fourth-order valence-electron chi connectivity index (χ4n) is 2.50. The summed E-state index contributed by atoms with van der Waals surface area (Å²) in [6, 6.07) is 8.24. The Balaban J connectivity index is 1.61. The largest absolute Gasteiger partial charge is 0.493 e. The topological polar surface area (TPSA) is 38.3 Å². The van der Waals surface area contributed by atoms with E-state index in [0.29, 0.717) is 0 Å². The first-order valence-electron chi connectivity index (χ1n) is 6.91. The Bertz CT molecular complexity index is 668. The number of thiophene rings is 1. The lowest BCUT2D eigenvalue weighted by atomic mass is 10.0. The maximum Gasteiger partial charge on any atom is 0.261 e. The molecule has 0 spiro atoms. The Labute approximate surface area is 136 Å². The van der Waals surface area contributed by atoms with E-state index in [1.54, 1.807) is 0 Å². The number of carbonyl (C=O) groups excluding carboxylic acids is 1. The first kappa shape index (κ1) is 14.6. The highest BCUT2D eigenvalue weighted by Gasteiger charge is 2.15. The van der Waals surface area contributed by atoms with E-state index in [-0.39, 0.29) is 11.9 Å². The number of rotatable bonds is 4. The van der Waals surface area contributed by atoms with Gasteiger partial charge in [-0.05, 0) is 52.5 Å². The van der Waals surface area contributed by atoms with Crippen LogP contribution < -0.4 is 10.1 Å². The zero-order chi connectivity index (χ0) is 14.8. The summed E-state index contributed by atoms with van der Waals surface area (Å²) in [5.74, 6) is 0.988. The van der Waals surface area contributed by atoms with Crippen molar-refractivity contribution in [3.63, 3.8) is 0 Å². The molecule has 1 aromatic heterocycles. The van der Waals surface area contributed by atoms with Crippen molar-refractivity contribution >= 4 is 33.2 Å².